The van der Waals surface area contributed by atoms with E-state index >= 15 is 0 Å². The molecule has 0 aromatic heterocycles. The molecule has 0 aliphatic rings. The molecule has 5 heteroatoms. The van der Waals surface area contributed by atoms with Crippen molar-refractivity contribution in [2.45, 2.75) is 38.5 Å². The van der Waals surface area contributed by atoms with Crippen LogP contribution in [0.3, 0.4) is 0 Å². The third-order valence-electron chi connectivity index (χ3n) is 2.85. The SMILES string of the molecule is CCCc1ccc(S(=O)(=O)NCC(=O)C(C)C)cc1. The highest BCUT2D eigenvalue weighted by molar-refractivity contribution is 7.89. The molecule has 0 spiro atoms. The normalized spacial score (nSPS) is 11.8. The summed E-state index contributed by atoms with van der Waals surface area (Å²) in [5.41, 5.74) is 1.11. The van der Waals surface area contributed by atoms with Crippen LogP contribution in [0.4, 0.5) is 0 Å². The van der Waals surface area contributed by atoms with Crippen LogP contribution in [0.15, 0.2) is 29.2 Å². The van der Waals surface area contributed by atoms with Gasteiger partial charge in [0.25, 0.3) is 0 Å². The smallest absolute Gasteiger partial charge is 0.240 e. The maximum Gasteiger partial charge on any atom is 0.240 e. The van der Waals surface area contributed by atoms with Gasteiger partial charge in [0.2, 0.25) is 10.0 Å². The van der Waals surface area contributed by atoms with Gasteiger partial charge in [-0.2, -0.15) is 0 Å². The van der Waals surface area contributed by atoms with E-state index in [9.17, 15) is 13.2 Å². The number of Topliss-reactive ketones (excluding diaryl/α,β-unsaturated/α-hetero) is 1. The molecule has 0 saturated heterocycles. The second-order valence-corrected chi connectivity index (χ2v) is 6.61. The Balaban J connectivity index is 2.74. The standard InChI is InChI=1S/C14H21NO3S/c1-4-5-12-6-8-13(9-7-12)19(17,18)15-10-14(16)11(2)3/h6-9,11,15H,4-5,10H2,1-3H3. The molecule has 4 nitrogen and oxygen atoms in total. The summed E-state index contributed by atoms with van der Waals surface area (Å²) in [6.45, 7) is 5.41. The van der Waals surface area contributed by atoms with Crippen LogP contribution in [0.5, 0.6) is 0 Å². The van der Waals surface area contributed by atoms with Gasteiger partial charge in [0, 0.05) is 5.92 Å². The predicted octanol–water partition coefficient (Wildman–Crippen LogP) is 2.14. The van der Waals surface area contributed by atoms with Gasteiger partial charge in [-0.3, -0.25) is 4.79 Å². The van der Waals surface area contributed by atoms with Crippen LogP contribution < -0.4 is 4.72 Å². The number of nitrogens with one attached hydrogen (secondary N) is 1. The molecule has 1 aromatic carbocycles. The van der Waals surface area contributed by atoms with Crippen LogP contribution in [0.2, 0.25) is 0 Å². The molecule has 0 heterocycles. The lowest BCUT2D eigenvalue weighted by Gasteiger charge is -2.08. The molecular formula is C14H21NO3S. The molecule has 0 unspecified atom stereocenters. The number of benzene rings is 1. The first-order valence-electron chi connectivity index (χ1n) is 6.48. The number of carbonyl (C=O) groups is 1. The minimum atomic E-state index is -3.59. The zero-order valence-corrected chi connectivity index (χ0v) is 12.5. The van der Waals surface area contributed by atoms with Crippen molar-refractivity contribution in [1.29, 1.82) is 0 Å². The van der Waals surface area contributed by atoms with Gasteiger partial charge >= 0.3 is 0 Å². The Labute approximate surface area is 115 Å². The van der Waals surface area contributed by atoms with E-state index in [4.69, 9.17) is 0 Å². The van der Waals surface area contributed by atoms with Crippen molar-refractivity contribution in [3.63, 3.8) is 0 Å². The first kappa shape index (κ1) is 15.9. The monoisotopic (exact) mass is 283 g/mol. The Kier molecular flexibility index (Phi) is 5.69. The Bertz CT molecular complexity index is 518. The zero-order chi connectivity index (χ0) is 14.5. The van der Waals surface area contributed by atoms with Crippen LogP contribution in [-0.4, -0.2) is 20.7 Å². The van der Waals surface area contributed by atoms with Crippen molar-refractivity contribution in [2.24, 2.45) is 5.92 Å². The number of ketones is 1. The second kappa shape index (κ2) is 6.82. The molecule has 1 N–H and O–H groups in total. The Morgan fingerprint density at radius 3 is 2.26 bits per heavy atom. The molecule has 0 amide bonds. The van der Waals surface area contributed by atoms with Gasteiger partial charge in [-0.15, -0.1) is 0 Å². The highest BCUT2D eigenvalue weighted by atomic mass is 32.2. The zero-order valence-electron chi connectivity index (χ0n) is 11.6. The molecule has 1 rings (SSSR count). The molecule has 1 aromatic rings. The van der Waals surface area contributed by atoms with E-state index in [1.807, 2.05) is 12.1 Å². The molecule has 0 aliphatic heterocycles. The lowest BCUT2D eigenvalue weighted by atomic mass is 10.1. The number of rotatable bonds is 7. The third-order valence-corrected chi connectivity index (χ3v) is 4.27. The maximum atomic E-state index is 12.0. The lowest BCUT2D eigenvalue weighted by Crippen LogP contribution is -2.31. The summed E-state index contributed by atoms with van der Waals surface area (Å²) in [4.78, 5) is 11.6. The average Bonchev–Trinajstić information content (AvgIpc) is 2.37. The van der Waals surface area contributed by atoms with Gasteiger partial charge in [-0.25, -0.2) is 13.1 Å². The Hall–Kier alpha value is -1.20. The van der Waals surface area contributed by atoms with Crippen LogP contribution in [0, 0.1) is 5.92 Å². The summed E-state index contributed by atoms with van der Waals surface area (Å²) in [5.74, 6) is -0.291. The van der Waals surface area contributed by atoms with Crippen LogP contribution >= 0.6 is 0 Å². The molecular weight excluding hydrogens is 262 g/mol. The summed E-state index contributed by atoms with van der Waals surface area (Å²) in [6, 6.07) is 6.77. The Morgan fingerprint density at radius 2 is 1.79 bits per heavy atom. The van der Waals surface area contributed by atoms with Crippen LogP contribution in [-0.2, 0) is 21.2 Å². The summed E-state index contributed by atoms with van der Waals surface area (Å²) >= 11 is 0. The van der Waals surface area contributed by atoms with Crippen LogP contribution in [0.25, 0.3) is 0 Å². The van der Waals surface area contributed by atoms with Gasteiger partial charge in [-0.1, -0.05) is 39.3 Å². The lowest BCUT2D eigenvalue weighted by molar-refractivity contribution is -0.120. The van der Waals surface area contributed by atoms with Crippen LogP contribution in [0.1, 0.15) is 32.8 Å². The fourth-order valence-electron chi connectivity index (χ4n) is 1.58. The molecule has 19 heavy (non-hydrogen) atoms. The van der Waals surface area contributed by atoms with Crippen molar-refractivity contribution in [3.8, 4) is 0 Å². The summed E-state index contributed by atoms with van der Waals surface area (Å²) in [5, 5.41) is 0. The minimum absolute atomic E-state index is 0.119. The van der Waals surface area contributed by atoms with Gasteiger partial charge in [0.1, 0.15) is 5.78 Å². The first-order chi connectivity index (χ1) is 8.86. The van der Waals surface area contributed by atoms with Crippen molar-refractivity contribution in [3.05, 3.63) is 29.8 Å². The molecule has 0 fully saturated rings. The molecule has 0 bridgehead atoms. The van der Waals surface area contributed by atoms with E-state index in [0.29, 0.717) is 0 Å². The van der Waals surface area contributed by atoms with E-state index < -0.39 is 10.0 Å². The number of hydrogen-bond acceptors (Lipinski definition) is 3. The molecule has 0 aliphatic carbocycles. The quantitative estimate of drug-likeness (QED) is 0.834. The van der Waals surface area contributed by atoms with E-state index in [1.165, 1.54) is 0 Å². The molecule has 106 valence electrons. The summed E-state index contributed by atoms with van der Waals surface area (Å²) < 4.78 is 26.3. The topological polar surface area (TPSA) is 63.2 Å². The van der Waals surface area contributed by atoms with Gasteiger partial charge in [0.05, 0.1) is 11.4 Å². The number of hydrogen-bond donors (Lipinski definition) is 1. The number of aryl methyl sites for hydroxylation is 1. The highest BCUT2D eigenvalue weighted by Gasteiger charge is 2.16. The van der Waals surface area contributed by atoms with Gasteiger partial charge in [0.15, 0.2) is 0 Å². The number of sulfonamides is 1. The first-order valence-corrected chi connectivity index (χ1v) is 7.96. The maximum absolute atomic E-state index is 12.0. The van der Waals surface area contributed by atoms with Crippen molar-refractivity contribution < 1.29 is 13.2 Å². The number of carbonyl (C=O) groups excluding carboxylic acids is 1. The fraction of sp³-hybridized carbons (Fsp3) is 0.500. The fourth-order valence-corrected chi connectivity index (χ4v) is 2.57. The molecule has 0 atom stereocenters. The van der Waals surface area contributed by atoms with Gasteiger partial charge in [-0.05, 0) is 24.1 Å². The van der Waals surface area contributed by atoms with Crippen molar-refractivity contribution in [2.75, 3.05) is 6.54 Å². The summed E-state index contributed by atoms with van der Waals surface area (Å²) in [7, 11) is -3.59. The second-order valence-electron chi connectivity index (χ2n) is 4.84. The highest BCUT2D eigenvalue weighted by Crippen LogP contribution is 2.11. The third kappa shape index (κ3) is 4.76. The van der Waals surface area contributed by atoms with E-state index in [2.05, 4.69) is 11.6 Å². The minimum Gasteiger partial charge on any atom is -0.298 e. The van der Waals surface area contributed by atoms with E-state index in [1.54, 1.807) is 26.0 Å². The average molecular weight is 283 g/mol. The molecule has 0 radical (unpaired) electrons. The summed E-state index contributed by atoms with van der Waals surface area (Å²) in [6.07, 6.45) is 1.95. The largest absolute Gasteiger partial charge is 0.298 e. The van der Waals surface area contributed by atoms with E-state index in [0.717, 1.165) is 18.4 Å². The van der Waals surface area contributed by atoms with Crippen molar-refractivity contribution >= 4 is 15.8 Å². The molecule has 0 saturated carbocycles. The van der Waals surface area contributed by atoms with E-state index in [-0.39, 0.29) is 23.1 Å². The predicted molar refractivity (Wildman–Crippen MR) is 75.5 cm³/mol. The van der Waals surface area contributed by atoms with Crippen molar-refractivity contribution in [1.82, 2.24) is 4.72 Å². The van der Waals surface area contributed by atoms with Gasteiger partial charge < -0.3 is 0 Å². The Morgan fingerprint density at radius 1 is 1.21 bits per heavy atom.